The summed E-state index contributed by atoms with van der Waals surface area (Å²) in [7, 11) is 0. The zero-order valence-electron chi connectivity index (χ0n) is 10.0. The predicted octanol–water partition coefficient (Wildman–Crippen LogP) is -0.0356. The highest BCUT2D eigenvalue weighted by Gasteiger charge is 2.24. The summed E-state index contributed by atoms with van der Waals surface area (Å²) >= 11 is 0. The van der Waals surface area contributed by atoms with Gasteiger partial charge in [0, 0.05) is 18.8 Å². The molecule has 1 amide bonds. The maximum absolute atomic E-state index is 11.5. The van der Waals surface area contributed by atoms with E-state index in [1.807, 2.05) is 0 Å². The van der Waals surface area contributed by atoms with Crippen LogP contribution in [0.5, 0.6) is 0 Å². The zero-order valence-corrected chi connectivity index (χ0v) is 10.0. The van der Waals surface area contributed by atoms with Crippen LogP contribution in [0.15, 0.2) is 24.5 Å². The van der Waals surface area contributed by atoms with Gasteiger partial charge in [0.05, 0.1) is 6.10 Å². The van der Waals surface area contributed by atoms with E-state index in [4.69, 9.17) is 5.11 Å². The van der Waals surface area contributed by atoms with Gasteiger partial charge in [-0.3, -0.25) is 9.78 Å². The number of aliphatic hydroxyl groups excluding tert-OH is 1. The molecule has 0 unspecified atom stereocenters. The van der Waals surface area contributed by atoms with Crippen LogP contribution < -0.4 is 5.32 Å². The summed E-state index contributed by atoms with van der Waals surface area (Å²) < 4.78 is 0. The van der Waals surface area contributed by atoms with E-state index in [1.54, 1.807) is 24.5 Å². The fourth-order valence-electron chi connectivity index (χ4n) is 1.44. The minimum atomic E-state index is -1.27. The number of nitrogens with one attached hydrogen (secondary N) is 1. The van der Waals surface area contributed by atoms with Crippen molar-refractivity contribution in [2.24, 2.45) is 0 Å². The van der Waals surface area contributed by atoms with Crippen molar-refractivity contribution in [3.05, 3.63) is 30.1 Å². The lowest BCUT2D eigenvalue weighted by molar-refractivity contribution is -0.144. The van der Waals surface area contributed by atoms with Crippen molar-refractivity contribution >= 4 is 11.9 Å². The van der Waals surface area contributed by atoms with E-state index in [1.165, 1.54) is 6.92 Å². The second kappa shape index (κ2) is 6.70. The highest BCUT2D eigenvalue weighted by molar-refractivity contribution is 5.84. The van der Waals surface area contributed by atoms with E-state index in [0.29, 0.717) is 6.42 Å². The Balaban J connectivity index is 2.44. The Hall–Kier alpha value is -1.95. The summed E-state index contributed by atoms with van der Waals surface area (Å²) in [5.74, 6) is -1.65. The van der Waals surface area contributed by atoms with Crippen molar-refractivity contribution in [3.8, 4) is 0 Å². The molecular weight excluding hydrogens is 236 g/mol. The molecule has 6 nitrogen and oxygen atoms in total. The topological polar surface area (TPSA) is 99.5 Å². The molecule has 0 spiro atoms. The quantitative estimate of drug-likeness (QED) is 0.660. The minimum absolute atomic E-state index is 0.167. The SMILES string of the molecule is C[C@@H](O)[C@H](NC(=O)CCc1ccncc1)C(=O)O. The van der Waals surface area contributed by atoms with Gasteiger partial charge in [0.15, 0.2) is 6.04 Å². The maximum Gasteiger partial charge on any atom is 0.328 e. The van der Waals surface area contributed by atoms with E-state index in [-0.39, 0.29) is 6.42 Å². The molecule has 1 heterocycles. The number of aliphatic carboxylic acids is 1. The fourth-order valence-corrected chi connectivity index (χ4v) is 1.44. The molecule has 0 aliphatic carbocycles. The molecule has 0 radical (unpaired) electrons. The number of nitrogens with zero attached hydrogens (tertiary/aromatic N) is 1. The highest BCUT2D eigenvalue weighted by Crippen LogP contribution is 2.01. The van der Waals surface area contributed by atoms with E-state index < -0.39 is 24.0 Å². The lowest BCUT2D eigenvalue weighted by atomic mass is 10.1. The van der Waals surface area contributed by atoms with Crippen molar-refractivity contribution in [2.45, 2.75) is 31.9 Å². The molecule has 0 aliphatic heterocycles. The zero-order chi connectivity index (χ0) is 13.5. The van der Waals surface area contributed by atoms with Crippen molar-refractivity contribution in [3.63, 3.8) is 0 Å². The molecule has 3 N–H and O–H groups in total. The van der Waals surface area contributed by atoms with E-state index in [0.717, 1.165) is 5.56 Å². The molecule has 18 heavy (non-hydrogen) atoms. The standard InChI is InChI=1S/C12H16N2O4/c1-8(15)11(12(17)18)14-10(16)3-2-9-4-6-13-7-5-9/h4-8,11,15H,2-3H2,1H3,(H,14,16)(H,17,18)/t8-,11+/m1/s1. The molecule has 6 heteroatoms. The Morgan fingerprint density at radius 3 is 2.50 bits per heavy atom. The van der Waals surface area contributed by atoms with Crippen molar-refractivity contribution < 1.29 is 19.8 Å². The number of pyridine rings is 1. The highest BCUT2D eigenvalue weighted by atomic mass is 16.4. The molecule has 0 aliphatic rings. The Kier molecular flexibility index (Phi) is 5.26. The van der Waals surface area contributed by atoms with Gasteiger partial charge in [-0.2, -0.15) is 0 Å². The van der Waals surface area contributed by atoms with Crippen LogP contribution in [-0.2, 0) is 16.0 Å². The van der Waals surface area contributed by atoms with Gasteiger partial charge in [0.2, 0.25) is 5.91 Å². The van der Waals surface area contributed by atoms with Crippen LogP contribution in [-0.4, -0.2) is 39.2 Å². The largest absolute Gasteiger partial charge is 0.480 e. The lowest BCUT2D eigenvalue weighted by Gasteiger charge is -2.16. The third kappa shape index (κ3) is 4.50. The third-order valence-corrected chi connectivity index (χ3v) is 2.46. The molecule has 0 saturated carbocycles. The molecule has 98 valence electrons. The number of carboxylic acids is 1. The molecule has 1 rings (SSSR count). The van der Waals surface area contributed by atoms with Crippen LogP contribution in [0, 0.1) is 0 Å². The Bertz CT molecular complexity index is 406. The maximum atomic E-state index is 11.5. The van der Waals surface area contributed by atoms with E-state index in [2.05, 4.69) is 10.3 Å². The van der Waals surface area contributed by atoms with Crippen molar-refractivity contribution in [1.29, 1.82) is 0 Å². The average Bonchev–Trinajstić information content (AvgIpc) is 2.34. The second-order valence-corrected chi connectivity index (χ2v) is 3.98. The normalized spacial score (nSPS) is 13.7. The van der Waals surface area contributed by atoms with E-state index >= 15 is 0 Å². The Morgan fingerprint density at radius 1 is 1.39 bits per heavy atom. The number of rotatable bonds is 6. The molecule has 1 aromatic heterocycles. The van der Waals surface area contributed by atoms with Crippen LogP contribution in [0.1, 0.15) is 18.9 Å². The van der Waals surface area contributed by atoms with Gasteiger partial charge in [0.1, 0.15) is 0 Å². The summed E-state index contributed by atoms with van der Waals surface area (Å²) in [6.45, 7) is 1.32. The molecule has 1 aromatic rings. The van der Waals surface area contributed by atoms with Crippen LogP contribution in [0.2, 0.25) is 0 Å². The number of carboxylic acid groups (broad SMARTS) is 1. The first-order chi connectivity index (χ1) is 8.50. The number of aromatic nitrogens is 1. The molecule has 0 saturated heterocycles. The molecule has 2 atom stereocenters. The smallest absolute Gasteiger partial charge is 0.328 e. The monoisotopic (exact) mass is 252 g/mol. The van der Waals surface area contributed by atoms with Gasteiger partial charge < -0.3 is 15.5 Å². The van der Waals surface area contributed by atoms with Gasteiger partial charge in [-0.05, 0) is 31.0 Å². The van der Waals surface area contributed by atoms with Crippen LogP contribution >= 0.6 is 0 Å². The summed E-state index contributed by atoms with van der Waals surface area (Å²) in [4.78, 5) is 26.2. The number of aliphatic hydroxyl groups is 1. The second-order valence-electron chi connectivity index (χ2n) is 3.98. The summed E-state index contributed by atoms with van der Waals surface area (Å²) in [6.07, 6.45) is 2.79. The van der Waals surface area contributed by atoms with Gasteiger partial charge in [-0.1, -0.05) is 0 Å². The van der Waals surface area contributed by atoms with Crippen LogP contribution in [0.25, 0.3) is 0 Å². The van der Waals surface area contributed by atoms with Crippen LogP contribution in [0.3, 0.4) is 0 Å². The van der Waals surface area contributed by atoms with Gasteiger partial charge in [-0.15, -0.1) is 0 Å². The number of carbonyl (C=O) groups excluding carboxylic acids is 1. The third-order valence-electron chi connectivity index (χ3n) is 2.46. The first-order valence-corrected chi connectivity index (χ1v) is 5.60. The first-order valence-electron chi connectivity index (χ1n) is 5.60. The molecule has 0 aromatic carbocycles. The van der Waals surface area contributed by atoms with E-state index in [9.17, 15) is 14.7 Å². The molecular formula is C12H16N2O4. The average molecular weight is 252 g/mol. The number of carbonyl (C=O) groups is 2. The summed E-state index contributed by atoms with van der Waals surface area (Å²) in [5.41, 5.74) is 0.948. The molecule has 0 bridgehead atoms. The number of hydrogen-bond donors (Lipinski definition) is 3. The number of amides is 1. The van der Waals surface area contributed by atoms with Gasteiger partial charge >= 0.3 is 5.97 Å². The number of aryl methyl sites for hydroxylation is 1. The first kappa shape index (κ1) is 14.1. The van der Waals surface area contributed by atoms with Crippen molar-refractivity contribution in [1.82, 2.24) is 10.3 Å². The minimum Gasteiger partial charge on any atom is -0.480 e. The lowest BCUT2D eigenvalue weighted by Crippen LogP contribution is -2.47. The van der Waals surface area contributed by atoms with Gasteiger partial charge in [-0.25, -0.2) is 4.79 Å². The number of hydrogen-bond acceptors (Lipinski definition) is 4. The Morgan fingerprint density at radius 2 is 2.00 bits per heavy atom. The van der Waals surface area contributed by atoms with Gasteiger partial charge in [0.25, 0.3) is 0 Å². The summed E-state index contributed by atoms with van der Waals surface area (Å²) in [5, 5.41) is 20.3. The van der Waals surface area contributed by atoms with Crippen molar-refractivity contribution in [2.75, 3.05) is 0 Å². The molecule has 0 fully saturated rings. The predicted molar refractivity (Wildman–Crippen MR) is 63.8 cm³/mol. The Labute approximate surface area is 105 Å². The van der Waals surface area contributed by atoms with Crippen LogP contribution in [0.4, 0.5) is 0 Å². The summed E-state index contributed by atoms with van der Waals surface area (Å²) in [6, 6.07) is 2.31. The fraction of sp³-hybridized carbons (Fsp3) is 0.417.